The topological polar surface area (TPSA) is 86.0 Å². The summed E-state index contributed by atoms with van der Waals surface area (Å²) in [6.45, 7) is 5.55. The zero-order valence-corrected chi connectivity index (χ0v) is 20.4. The van der Waals surface area contributed by atoms with Crippen molar-refractivity contribution >= 4 is 17.5 Å². The van der Waals surface area contributed by atoms with Gasteiger partial charge in [-0.2, -0.15) is 9.78 Å². The van der Waals surface area contributed by atoms with Crippen LogP contribution in [0.4, 0.5) is 0 Å². The van der Waals surface area contributed by atoms with Crippen molar-refractivity contribution < 1.29 is 4.79 Å². The molecular formula is C27H25ClN4O3. The average molecular weight is 489 g/mol. The number of hydrogen-bond donors (Lipinski definition) is 1. The van der Waals surface area contributed by atoms with Gasteiger partial charge in [-0.05, 0) is 55.2 Å². The summed E-state index contributed by atoms with van der Waals surface area (Å²) in [7, 11) is 0. The highest BCUT2D eigenvalue weighted by molar-refractivity contribution is 6.31. The molecule has 1 N–H and O–H groups in total. The van der Waals surface area contributed by atoms with Crippen LogP contribution in [-0.2, 0) is 6.54 Å². The summed E-state index contributed by atoms with van der Waals surface area (Å²) in [6.07, 6.45) is 0. The molecule has 0 aliphatic rings. The SMILES string of the molecule is Cc1ccc(-n2nc(C(=O)NC(C)c3ccccc3)c(=O)n(Cc3ccccc3C)c2=O)cc1Cl. The summed E-state index contributed by atoms with van der Waals surface area (Å²) in [5.74, 6) is -0.670. The van der Waals surface area contributed by atoms with Crippen LogP contribution in [0.25, 0.3) is 5.69 Å². The number of benzene rings is 3. The third-order valence-corrected chi connectivity index (χ3v) is 6.32. The largest absolute Gasteiger partial charge is 0.352 e. The lowest BCUT2D eigenvalue weighted by Crippen LogP contribution is -2.46. The molecule has 4 rings (SSSR count). The van der Waals surface area contributed by atoms with Gasteiger partial charge in [-0.3, -0.25) is 14.2 Å². The van der Waals surface area contributed by atoms with Crippen LogP contribution in [0.5, 0.6) is 0 Å². The molecule has 1 aromatic heterocycles. The Balaban J connectivity index is 1.84. The van der Waals surface area contributed by atoms with Gasteiger partial charge in [0.15, 0.2) is 0 Å². The number of amides is 1. The molecule has 1 heterocycles. The summed E-state index contributed by atoms with van der Waals surface area (Å²) in [6, 6.07) is 21.5. The van der Waals surface area contributed by atoms with Crippen LogP contribution < -0.4 is 16.6 Å². The first-order valence-corrected chi connectivity index (χ1v) is 11.5. The predicted molar refractivity (Wildman–Crippen MR) is 136 cm³/mol. The van der Waals surface area contributed by atoms with Crippen molar-refractivity contribution in [3.05, 3.63) is 127 Å². The van der Waals surface area contributed by atoms with Crippen LogP contribution in [0, 0.1) is 13.8 Å². The van der Waals surface area contributed by atoms with E-state index in [2.05, 4.69) is 10.4 Å². The second-order valence-corrected chi connectivity index (χ2v) is 8.81. The Bertz CT molecular complexity index is 1510. The number of aryl methyl sites for hydroxylation is 2. The highest BCUT2D eigenvalue weighted by Crippen LogP contribution is 2.18. The molecule has 0 saturated carbocycles. The van der Waals surface area contributed by atoms with Gasteiger partial charge in [-0.1, -0.05) is 72.3 Å². The first kappa shape index (κ1) is 24.2. The van der Waals surface area contributed by atoms with Gasteiger partial charge in [-0.15, -0.1) is 0 Å². The Morgan fingerprint density at radius 1 is 0.971 bits per heavy atom. The maximum absolute atomic E-state index is 13.4. The number of nitrogens with zero attached hydrogens (tertiary/aromatic N) is 3. The van der Waals surface area contributed by atoms with E-state index < -0.39 is 17.2 Å². The van der Waals surface area contributed by atoms with Crippen molar-refractivity contribution in [1.82, 2.24) is 19.7 Å². The summed E-state index contributed by atoms with van der Waals surface area (Å²) in [5, 5.41) is 7.44. The smallest absolute Gasteiger partial charge is 0.344 e. The van der Waals surface area contributed by atoms with Gasteiger partial charge in [0.1, 0.15) is 0 Å². The third kappa shape index (κ3) is 5.10. The standard InChI is InChI=1S/C27H25ClN4O3/c1-17-9-7-8-12-21(17)16-31-26(34)24(25(33)29-19(3)20-10-5-4-6-11-20)30-32(27(31)35)22-14-13-18(2)23(28)15-22/h4-15,19H,16H2,1-3H3,(H,29,33). The minimum absolute atomic E-state index is 0.000965. The summed E-state index contributed by atoms with van der Waals surface area (Å²) in [5.41, 5.74) is 1.97. The molecule has 0 aliphatic heterocycles. The van der Waals surface area contributed by atoms with Gasteiger partial charge < -0.3 is 5.32 Å². The number of aromatic nitrogens is 3. The van der Waals surface area contributed by atoms with E-state index in [-0.39, 0.29) is 18.3 Å². The highest BCUT2D eigenvalue weighted by Gasteiger charge is 2.22. The number of carbonyl (C=O) groups excluding carboxylic acids is 1. The normalized spacial score (nSPS) is 11.8. The van der Waals surface area contributed by atoms with Crippen LogP contribution in [-0.4, -0.2) is 20.3 Å². The van der Waals surface area contributed by atoms with Gasteiger partial charge in [0.2, 0.25) is 5.69 Å². The molecule has 1 amide bonds. The van der Waals surface area contributed by atoms with E-state index in [1.54, 1.807) is 18.2 Å². The third-order valence-electron chi connectivity index (χ3n) is 5.91. The Morgan fingerprint density at radius 2 is 1.66 bits per heavy atom. The lowest BCUT2D eigenvalue weighted by molar-refractivity contribution is 0.0930. The van der Waals surface area contributed by atoms with Gasteiger partial charge in [0, 0.05) is 5.02 Å². The summed E-state index contributed by atoms with van der Waals surface area (Å²) in [4.78, 5) is 40.0. The van der Waals surface area contributed by atoms with Gasteiger partial charge in [-0.25, -0.2) is 4.79 Å². The zero-order valence-electron chi connectivity index (χ0n) is 19.7. The van der Waals surface area contributed by atoms with Crippen molar-refractivity contribution in [3.8, 4) is 5.69 Å². The average Bonchev–Trinajstić information content (AvgIpc) is 2.85. The molecule has 4 aromatic rings. The monoisotopic (exact) mass is 488 g/mol. The Kier molecular flexibility index (Phi) is 6.98. The van der Waals surface area contributed by atoms with Crippen LogP contribution in [0.3, 0.4) is 0 Å². The molecule has 1 unspecified atom stereocenters. The van der Waals surface area contributed by atoms with E-state index in [0.29, 0.717) is 10.7 Å². The lowest BCUT2D eigenvalue weighted by atomic mass is 10.1. The summed E-state index contributed by atoms with van der Waals surface area (Å²) >= 11 is 6.29. The molecule has 0 aliphatic carbocycles. The second-order valence-electron chi connectivity index (χ2n) is 8.40. The molecule has 178 valence electrons. The van der Waals surface area contributed by atoms with Crippen molar-refractivity contribution in [3.63, 3.8) is 0 Å². The Morgan fingerprint density at radius 3 is 2.34 bits per heavy atom. The van der Waals surface area contributed by atoms with E-state index >= 15 is 0 Å². The van der Waals surface area contributed by atoms with Crippen molar-refractivity contribution in [2.45, 2.75) is 33.4 Å². The Labute approximate surface area is 207 Å². The predicted octanol–water partition coefficient (Wildman–Crippen LogP) is 4.20. The fourth-order valence-corrected chi connectivity index (χ4v) is 3.90. The molecule has 7 nitrogen and oxygen atoms in total. The molecule has 0 spiro atoms. The van der Waals surface area contributed by atoms with E-state index in [4.69, 9.17) is 11.6 Å². The van der Waals surface area contributed by atoms with Crippen molar-refractivity contribution in [2.75, 3.05) is 0 Å². The quantitative estimate of drug-likeness (QED) is 0.440. The molecule has 1 atom stereocenters. The van der Waals surface area contributed by atoms with E-state index in [9.17, 15) is 14.4 Å². The van der Waals surface area contributed by atoms with Crippen molar-refractivity contribution in [1.29, 1.82) is 0 Å². The molecule has 0 bridgehead atoms. The second kappa shape index (κ2) is 10.1. The minimum Gasteiger partial charge on any atom is -0.344 e. The molecule has 35 heavy (non-hydrogen) atoms. The van der Waals surface area contributed by atoms with E-state index in [0.717, 1.165) is 31.5 Å². The Hall–Kier alpha value is -3.97. The zero-order chi connectivity index (χ0) is 25.1. The number of hydrogen-bond acceptors (Lipinski definition) is 4. The number of carbonyl (C=O) groups is 1. The maximum atomic E-state index is 13.4. The summed E-state index contributed by atoms with van der Waals surface area (Å²) < 4.78 is 2.08. The van der Waals surface area contributed by atoms with Crippen LogP contribution in [0.15, 0.2) is 82.4 Å². The fourth-order valence-electron chi connectivity index (χ4n) is 3.73. The number of nitrogens with one attached hydrogen (secondary N) is 1. The molecular weight excluding hydrogens is 464 g/mol. The maximum Gasteiger partial charge on any atom is 0.352 e. The fraction of sp³-hybridized carbons (Fsp3) is 0.185. The number of halogens is 1. The molecule has 0 fully saturated rings. The van der Waals surface area contributed by atoms with Gasteiger partial charge >= 0.3 is 5.69 Å². The highest BCUT2D eigenvalue weighted by atomic mass is 35.5. The van der Waals surface area contributed by atoms with Crippen LogP contribution in [0.1, 0.15) is 45.7 Å². The van der Waals surface area contributed by atoms with Crippen LogP contribution >= 0.6 is 11.6 Å². The molecule has 3 aromatic carbocycles. The number of rotatable bonds is 6. The van der Waals surface area contributed by atoms with E-state index in [1.807, 2.05) is 75.4 Å². The molecule has 8 heteroatoms. The first-order valence-electron chi connectivity index (χ1n) is 11.2. The molecule has 0 radical (unpaired) electrons. The van der Waals surface area contributed by atoms with Crippen LogP contribution in [0.2, 0.25) is 5.02 Å². The van der Waals surface area contributed by atoms with Crippen molar-refractivity contribution in [2.24, 2.45) is 0 Å². The van der Waals surface area contributed by atoms with Gasteiger partial charge in [0.05, 0.1) is 18.3 Å². The molecule has 0 saturated heterocycles. The van der Waals surface area contributed by atoms with Gasteiger partial charge in [0.25, 0.3) is 11.5 Å². The minimum atomic E-state index is -0.759. The first-order chi connectivity index (χ1) is 16.8. The van der Waals surface area contributed by atoms with E-state index in [1.165, 1.54) is 0 Å². The lowest BCUT2D eigenvalue weighted by Gasteiger charge is -2.16.